The van der Waals surface area contributed by atoms with Gasteiger partial charge in [0.05, 0.1) is 51.9 Å². The molecule has 0 bridgehead atoms. The van der Waals surface area contributed by atoms with Gasteiger partial charge < -0.3 is 19.3 Å². The number of carbonyl (C=O) groups is 3. The fraction of sp³-hybridized carbons (Fsp3) is 0.900. The fourth-order valence-electron chi connectivity index (χ4n) is 4.66. The van der Waals surface area contributed by atoms with E-state index in [1.54, 1.807) is 0 Å². The molecule has 0 saturated carbocycles. The summed E-state index contributed by atoms with van der Waals surface area (Å²) in [5.41, 5.74) is -4.92. The van der Waals surface area contributed by atoms with Crippen molar-refractivity contribution in [1.29, 1.82) is 0 Å². The number of esters is 3. The van der Waals surface area contributed by atoms with Crippen molar-refractivity contribution in [3.63, 3.8) is 0 Å². The SMILES string of the molecule is O=C(CC(O)(CC(=O)OCCC(F)(F)C(F)(F)C(F)(F)C(F)(F)C(F)(F)C(F)(F)F)C(=O)OCCC(F)(F)C(F)(F)C(F)(F)C(F)(F)C(F)(F)C(F)(F)F)OCCC(F)(F)C(F)(F)C(F)(F)C(F)(F)C(F)(F)C(F)(F)F. The summed E-state index contributed by atoms with van der Waals surface area (Å²) < 4.78 is 530. The number of aliphatic hydroxyl groups is 1. The summed E-state index contributed by atoms with van der Waals surface area (Å²) in [6.07, 6.45) is -40.8. The lowest BCUT2D eigenvalue weighted by molar-refractivity contribution is -0.440. The van der Waals surface area contributed by atoms with Gasteiger partial charge in [-0.2, -0.15) is 171 Å². The zero-order valence-corrected chi connectivity index (χ0v) is 34.3. The van der Waals surface area contributed by atoms with E-state index in [-0.39, 0.29) is 0 Å². The maximum atomic E-state index is 14.1. The van der Waals surface area contributed by atoms with Crippen LogP contribution < -0.4 is 0 Å². The molecule has 0 spiro atoms. The topological polar surface area (TPSA) is 99.1 Å². The smallest absolute Gasteiger partial charge is 0.460 e. The highest BCUT2D eigenvalue weighted by molar-refractivity contribution is 5.90. The van der Waals surface area contributed by atoms with Crippen LogP contribution in [0.25, 0.3) is 0 Å². The van der Waals surface area contributed by atoms with Crippen LogP contribution in [-0.2, 0) is 28.6 Å². The lowest BCUT2D eigenvalue weighted by atomic mass is 9.92. The summed E-state index contributed by atoms with van der Waals surface area (Å²) in [7, 11) is 0. The Morgan fingerprint density at radius 1 is 0.263 bits per heavy atom. The summed E-state index contributed by atoms with van der Waals surface area (Å²) in [6, 6.07) is 0. The van der Waals surface area contributed by atoms with Crippen LogP contribution in [0.3, 0.4) is 0 Å². The lowest BCUT2D eigenvalue weighted by Crippen LogP contribution is -2.70. The van der Waals surface area contributed by atoms with E-state index in [0.717, 1.165) is 0 Å². The molecule has 0 radical (unpaired) electrons. The Labute approximate surface area is 388 Å². The van der Waals surface area contributed by atoms with Crippen LogP contribution in [0.15, 0.2) is 0 Å². The first kappa shape index (κ1) is 71.6. The van der Waals surface area contributed by atoms with Crippen LogP contribution >= 0.6 is 0 Å². The molecule has 0 atom stereocenters. The molecule has 0 fully saturated rings. The number of hydrogen-bond acceptors (Lipinski definition) is 7. The number of halogens is 39. The van der Waals surface area contributed by atoms with Crippen LogP contribution in [0.5, 0.6) is 0 Å². The lowest BCUT2D eigenvalue weighted by Gasteiger charge is -2.39. The maximum absolute atomic E-state index is 14.1. The average molecular weight is 1230 g/mol. The molecule has 0 aromatic heterocycles. The summed E-state index contributed by atoms with van der Waals surface area (Å²) in [5, 5.41) is 10.4. The van der Waals surface area contributed by atoms with Crippen molar-refractivity contribution in [3.8, 4) is 0 Å². The first-order valence-corrected chi connectivity index (χ1v) is 17.7. The van der Waals surface area contributed by atoms with E-state index in [9.17, 15) is 191 Å². The molecule has 0 rings (SSSR count). The Kier molecular flexibility index (Phi) is 19.2. The standard InChI is InChI=1S/C30H17F39O7/c31-13(32,16(37,38)19(43,44)22(49,50)25(55,56)28(61,62)63)1-4-74-9(70)7-12(73,11(72)76-6-3-15(35,36)18(41,42)21(47,48)24(53,54)27(59,60)30(67,68)69)8-10(71)75-5-2-14(33,34)17(39,40)20(45,46)23(51,52)26(57,58)29(64,65)66/h73H,1-8H2. The first-order chi connectivity index (χ1) is 32.6. The molecule has 0 aromatic rings. The van der Waals surface area contributed by atoms with E-state index in [1.807, 2.05) is 0 Å². The number of hydrogen-bond donors (Lipinski definition) is 1. The zero-order valence-electron chi connectivity index (χ0n) is 34.3. The van der Waals surface area contributed by atoms with Crippen LogP contribution in [0, 0.1) is 0 Å². The maximum Gasteiger partial charge on any atom is 0.460 e. The minimum absolute atomic E-state index is 2.95. The van der Waals surface area contributed by atoms with Crippen LogP contribution in [-0.4, -0.2) is 156 Å². The fourth-order valence-corrected chi connectivity index (χ4v) is 4.66. The van der Waals surface area contributed by atoms with Crippen molar-refractivity contribution in [3.05, 3.63) is 0 Å². The highest BCUT2D eigenvalue weighted by Crippen LogP contribution is 2.64. The highest BCUT2D eigenvalue weighted by atomic mass is 19.5. The number of ether oxygens (including phenoxy) is 3. The molecule has 0 unspecified atom stereocenters. The molecular weight excluding hydrogens is 1210 g/mol. The van der Waals surface area contributed by atoms with E-state index in [0.29, 0.717) is 0 Å². The van der Waals surface area contributed by atoms with Crippen LogP contribution in [0.1, 0.15) is 32.1 Å². The third-order valence-electron chi connectivity index (χ3n) is 9.26. The first-order valence-electron chi connectivity index (χ1n) is 17.7. The molecular formula is C30H17F39O7. The Balaban J connectivity index is 6.98. The Bertz CT molecular complexity index is 1950. The Morgan fingerprint density at radius 3 is 0.618 bits per heavy atom. The van der Waals surface area contributed by atoms with Gasteiger partial charge in [0.2, 0.25) is 0 Å². The van der Waals surface area contributed by atoms with Gasteiger partial charge in [-0.15, -0.1) is 0 Å². The largest absolute Gasteiger partial charge is 0.465 e. The van der Waals surface area contributed by atoms with Gasteiger partial charge in [0.15, 0.2) is 5.60 Å². The molecule has 1 N–H and O–H groups in total. The number of carbonyl (C=O) groups excluding carboxylic acids is 3. The van der Waals surface area contributed by atoms with Crippen molar-refractivity contribution >= 4 is 17.9 Å². The minimum atomic E-state index is -8.61. The molecule has 76 heavy (non-hydrogen) atoms. The molecule has 0 heterocycles. The van der Waals surface area contributed by atoms with E-state index in [2.05, 4.69) is 14.2 Å². The molecule has 0 aromatic carbocycles. The van der Waals surface area contributed by atoms with Gasteiger partial charge in [0.1, 0.15) is 0 Å². The minimum Gasteiger partial charge on any atom is -0.465 e. The van der Waals surface area contributed by atoms with E-state index in [4.69, 9.17) is 0 Å². The van der Waals surface area contributed by atoms with E-state index < -0.39 is 183 Å². The Morgan fingerprint density at radius 2 is 0.434 bits per heavy atom. The van der Waals surface area contributed by atoms with Gasteiger partial charge in [-0.05, 0) is 0 Å². The summed E-state index contributed by atoms with van der Waals surface area (Å²) in [5.74, 6) is -132. The van der Waals surface area contributed by atoms with Gasteiger partial charge in [0.25, 0.3) is 0 Å². The third-order valence-corrected chi connectivity index (χ3v) is 9.26. The third kappa shape index (κ3) is 11.7. The quantitative estimate of drug-likeness (QED) is 0.0523. The predicted molar refractivity (Wildman–Crippen MR) is 153 cm³/mol. The summed E-state index contributed by atoms with van der Waals surface area (Å²) in [4.78, 5) is 36.8. The van der Waals surface area contributed by atoms with Crippen molar-refractivity contribution in [2.75, 3.05) is 19.8 Å². The molecule has 452 valence electrons. The van der Waals surface area contributed by atoms with Gasteiger partial charge in [-0.3, -0.25) is 9.59 Å². The highest BCUT2D eigenvalue weighted by Gasteiger charge is 2.93. The van der Waals surface area contributed by atoms with Crippen molar-refractivity contribution in [2.24, 2.45) is 0 Å². The Hall–Kier alpha value is -4.36. The average Bonchev–Trinajstić information content (AvgIpc) is 3.18. The number of alkyl halides is 39. The molecule has 0 saturated heterocycles. The molecule has 7 nitrogen and oxygen atoms in total. The van der Waals surface area contributed by atoms with Crippen molar-refractivity contribution in [2.45, 2.75) is 145 Å². The van der Waals surface area contributed by atoms with Crippen molar-refractivity contribution in [1.82, 2.24) is 0 Å². The van der Waals surface area contributed by atoms with Gasteiger partial charge in [0, 0.05) is 0 Å². The zero-order chi connectivity index (χ0) is 62.0. The molecule has 46 heteroatoms. The molecule has 0 aliphatic carbocycles. The van der Waals surface area contributed by atoms with Gasteiger partial charge in [-0.1, -0.05) is 0 Å². The molecule has 0 amide bonds. The normalized spacial score (nSPS) is 15.9. The summed E-state index contributed by atoms with van der Waals surface area (Å²) >= 11 is 0. The van der Waals surface area contributed by atoms with Crippen molar-refractivity contribution < 1.29 is 205 Å². The predicted octanol–water partition coefficient (Wildman–Crippen LogP) is 12.5. The van der Waals surface area contributed by atoms with Crippen LogP contribution in [0.4, 0.5) is 171 Å². The second-order valence-corrected chi connectivity index (χ2v) is 14.7. The monoisotopic (exact) mass is 1230 g/mol. The molecule has 0 aliphatic heterocycles. The second kappa shape index (κ2) is 20.4. The van der Waals surface area contributed by atoms with Crippen LogP contribution in [0.2, 0.25) is 0 Å². The van der Waals surface area contributed by atoms with E-state index in [1.165, 1.54) is 0 Å². The second-order valence-electron chi connectivity index (χ2n) is 14.7. The molecule has 0 aliphatic rings. The van der Waals surface area contributed by atoms with Gasteiger partial charge >= 0.3 is 125 Å². The van der Waals surface area contributed by atoms with E-state index >= 15 is 0 Å². The summed E-state index contributed by atoms with van der Waals surface area (Å²) in [6.45, 7) is -9.01. The van der Waals surface area contributed by atoms with Gasteiger partial charge in [-0.25, -0.2) is 4.79 Å². The number of rotatable bonds is 26.